The fraction of sp³-hybridized carbons (Fsp3) is 0.476. The Morgan fingerprint density at radius 1 is 1.11 bits per heavy atom. The third-order valence-electron chi connectivity index (χ3n) is 5.70. The predicted octanol–water partition coefficient (Wildman–Crippen LogP) is 2.15. The summed E-state index contributed by atoms with van der Waals surface area (Å²) in [5, 5.41) is 4.38. The van der Waals surface area contributed by atoms with Gasteiger partial charge in [0.15, 0.2) is 0 Å². The van der Waals surface area contributed by atoms with Gasteiger partial charge >= 0.3 is 6.03 Å². The van der Waals surface area contributed by atoms with E-state index in [0.717, 1.165) is 24.9 Å². The predicted molar refractivity (Wildman–Crippen MR) is 106 cm³/mol. The van der Waals surface area contributed by atoms with Crippen LogP contribution in [0.25, 0.3) is 0 Å². The topological polar surface area (TPSA) is 61.7 Å². The van der Waals surface area contributed by atoms with Crippen LogP contribution in [-0.2, 0) is 6.54 Å². The quantitative estimate of drug-likeness (QED) is 0.818. The molecule has 5 rings (SSSR count). The summed E-state index contributed by atoms with van der Waals surface area (Å²) in [7, 11) is 3.55. The van der Waals surface area contributed by atoms with Gasteiger partial charge in [0.2, 0.25) is 0 Å². The van der Waals surface area contributed by atoms with Gasteiger partial charge in [0, 0.05) is 46.0 Å². The Hall–Kier alpha value is -2.83. The molecule has 0 aliphatic carbocycles. The molecule has 2 aromatic rings. The van der Waals surface area contributed by atoms with Gasteiger partial charge < -0.3 is 14.7 Å². The van der Waals surface area contributed by atoms with Crippen molar-refractivity contribution in [2.45, 2.75) is 25.4 Å². The van der Waals surface area contributed by atoms with Gasteiger partial charge in [-0.05, 0) is 24.3 Å². The molecule has 3 amide bonds. The number of aromatic nitrogens is 2. The van der Waals surface area contributed by atoms with Crippen molar-refractivity contribution in [2.24, 2.45) is 5.92 Å². The highest BCUT2D eigenvalue weighted by Gasteiger charge is 2.39. The van der Waals surface area contributed by atoms with Crippen molar-refractivity contribution >= 4 is 11.9 Å². The van der Waals surface area contributed by atoms with Crippen LogP contribution >= 0.6 is 0 Å². The molecule has 3 fully saturated rings. The number of nitrogens with zero attached hydrogens (tertiary/aromatic N) is 5. The first kappa shape index (κ1) is 18.5. The van der Waals surface area contributed by atoms with E-state index in [1.54, 1.807) is 29.9 Å². The molecule has 3 saturated heterocycles. The highest BCUT2D eigenvalue weighted by Crippen LogP contribution is 2.29. The fourth-order valence-corrected chi connectivity index (χ4v) is 4.27. The van der Waals surface area contributed by atoms with Crippen molar-refractivity contribution in [1.82, 2.24) is 24.5 Å². The van der Waals surface area contributed by atoms with Crippen LogP contribution in [0.4, 0.5) is 4.79 Å². The van der Waals surface area contributed by atoms with Gasteiger partial charge in [-0.3, -0.25) is 9.48 Å². The lowest BCUT2D eigenvalue weighted by Crippen LogP contribution is -2.48. The van der Waals surface area contributed by atoms with Crippen molar-refractivity contribution in [3.05, 3.63) is 53.9 Å². The Morgan fingerprint density at radius 2 is 1.89 bits per heavy atom. The van der Waals surface area contributed by atoms with Gasteiger partial charge in [0.1, 0.15) is 0 Å². The van der Waals surface area contributed by atoms with Crippen molar-refractivity contribution in [3.63, 3.8) is 0 Å². The lowest BCUT2D eigenvalue weighted by molar-refractivity contribution is 0.0585. The van der Waals surface area contributed by atoms with E-state index < -0.39 is 0 Å². The minimum Gasteiger partial charge on any atom is -0.333 e. The zero-order valence-corrected chi connectivity index (χ0v) is 16.5. The fourth-order valence-electron chi connectivity index (χ4n) is 4.27. The smallest absolute Gasteiger partial charge is 0.319 e. The lowest BCUT2D eigenvalue weighted by atomic mass is 9.94. The highest BCUT2D eigenvalue weighted by atomic mass is 16.2. The number of carbonyl (C=O) groups excluding carboxylic acids is 2. The van der Waals surface area contributed by atoms with Crippen molar-refractivity contribution in [1.29, 1.82) is 0 Å². The van der Waals surface area contributed by atoms with E-state index in [-0.39, 0.29) is 18.0 Å². The first-order valence-corrected chi connectivity index (χ1v) is 9.85. The van der Waals surface area contributed by atoms with Gasteiger partial charge in [0.25, 0.3) is 5.91 Å². The maximum absolute atomic E-state index is 13.2. The molecule has 148 valence electrons. The minimum absolute atomic E-state index is 0.0214. The highest BCUT2D eigenvalue weighted by molar-refractivity contribution is 5.94. The first-order chi connectivity index (χ1) is 13.5. The maximum Gasteiger partial charge on any atom is 0.319 e. The number of piperidine rings is 1. The normalized spacial score (nSPS) is 21.5. The molecule has 0 spiro atoms. The Morgan fingerprint density at radius 3 is 2.64 bits per heavy atom. The van der Waals surface area contributed by atoms with E-state index in [9.17, 15) is 9.59 Å². The maximum atomic E-state index is 13.2. The number of carbonyl (C=O) groups is 2. The molecule has 2 atom stereocenters. The van der Waals surface area contributed by atoms with Gasteiger partial charge in [-0.25, -0.2) is 4.79 Å². The van der Waals surface area contributed by atoms with Gasteiger partial charge in [0.05, 0.1) is 18.3 Å². The molecule has 7 heteroatoms. The van der Waals surface area contributed by atoms with E-state index in [2.05, 4.69) is 5.10 Å². The van der Waals surface area contributed by atoms with E-state index in [4.69, 9.17) is 0 Å². The molecule has 0 N–H and O–H groups in total. The van der Waals surface area contributed by atoms with Crippen LogP contribution in [-0.4, -0.2) is 76.2 Å². The van der Waals surface area contributed by atoms with Crippen LogP contribution in [0.2, 0.25) is 0 Å². The SMILES string of the molecule is CN(C)C(=O)N1C[C@H]2CC[C@@H](C1)N(C(=O)c1cnn(Cc3ccccc3)c1)C2. The summed E-state index contributed by atoms with van der Waals surface area (Å²) in [6.07, 6.45) is 5.51. The average Bonchev–Trinajstić information content (AvgIpc) is 2.96. The molecule has 4 heterocycles. The number of hydrogen-bond donors (Lipinski definition) is 0. The Kier molecular flexibility index (Phi) is 5.07. The van der Waals surface area contributed by atoms with Crippen LogP contribution in [0, 0.1) is 5.92 Å². The molecule has 7 nitrogen and oxygen atoms in total. The zero-order valence-electron chi connectivity index (χ0n) is 16.5. The molecular weight excluding hydrogens is 354 g/mol. The molecule has 0 unspecified atom stereocenters. The van der Waals surface area contributed by atoms with E-state index in [1.165, 1.54) is 0 Å². The summed E-state index contributed by atoms with van der Waals surface area (Å²) in [5.74, 6) is 0.360. The van der Waals surface area contributed by atoms with E-state index in [0.29, 0.717) is 31.1 Å². The summed E-state index contributed by atoms with van der Waals surface area (Å²) >= 11 is 0. The number of urea groups is 1. The zero-order chi connectivity index (χ0) is 19.7. The number of fused-ring (bicyclic) bond motifs is 4. The van der Waals surface area contributed by atoms with Gasteiger partial charge in [-0.15, -0.1) is 0 Å². The largest absolute Gasteiger partial charge is 0.333 e. The van der Waals surface area contributed by atoms with Crippen molar-refractivity contribution in [3.8, 4) is 0 Å². The molecule has 3 aliphatic heterocycles. The third kappa shape index (κ3) is 3.74. The Bertz CT molecular complexity index is 847. The van der Waals surface area contributed by atoms with Crippen LogP contribution in [0.15, 0.2) is 42.7 Å². The molecule has 1 aromatic carbocycles. The monoisotopic (exact) mass is 381 g/mol. The Balaban J connectivity index is 1.47. The van der Waals surface area contributed by atoms with E-state index >= 15 is 0 Å². The summed E-state index contributed by atoms with van der Waals surface area (Å²) < 4.78 is 1.81. The van der Waals surface area contributed by atoms with Crippen LogP contribution in [0.5, 0.6) is 0 Å². The average molecular weight is 381 g/mol. The lowest BCUT2D eigenvalue weighted by Gasteiger charge is -2.35. The van der Waals surface area contributed by atoms with Crippen LogP contribution in [0.1, 0.15) is 28.8 Å². The summed E-state index contributed by atoms with van der Waals surface area (Å²) in [6.45, 7) is 2.69. The molecule has 1 aromatic heterocycles. The second kappa shape index (κ2) is 7.66. The number of amides is 3. The summed E-state index contributed by atoms with van der Waals surface area (Å²) in [5.41, 5.74) is 1.77. The Labute approximate surface area is 165 Å². The van der Waals surface area contributed by atoms with Gasteiger partial charge in [-0.2, -0.15) is 5.10 Å². The molecule has 2 bridgehead atoms. The van der Waals surface area contributed by atoms with Gasteiger partial charge in [-0.1, -0.05) is 30.3 Å². The second-order valence-corrected chi connectivity index (χ2v) is 8.05. The van der Waals surface area contributed by atoms with E-state index in [1.807, 2.05) is 46.3 Å². The summed E-state index contributed by atoms with van der Waals surface area (Å²) in [4.78, 5) is 31.1. The number of rotatable bonds is 3. The second-order valence-electron chi connectivity index (χ2n) is 8.05. The molecule has 0 radical (unpaired) electrons. The van der Waals surface area contributed by atoms with Crippen LogP contribution < -0.4 is 0 Å². The number of hydrogen-bond acceptors (Lipinski definition) is 3. The number of benzene rings is 1. The molecule has 28 heavy (non-hydrogen) atoms. The third-order valence-corrected chi connectivity index (χ3v) is 5.70. The van der Waals surface area contributed by atoms with Crippen molar-refractivity contribution in [2.75, 3.05) is 33.7 Å². The first-order valence-electron chi connectivity index (χ1n) is 9.85. The minimum atomic E-state index is 0.0214. The molecule has 3 aliphatic rings. The summed E-state index contributed by atoms with van der Waals surface area (Å²) in [6, 6.07) is 10.2. The van der Waals surface area contributed by atoms with Crippen molar-refractivity contribution < 1.29 is 9.59 Å². The standard InChI is InChI=1S/C21H27N5O2/c1-23(2)21(28)24-11-17-8-9-19(15-24)26(13-17)20(27)18-10-22-25(14-18)12-16-6-4-3-5-7-16/h3-7,10,14,17,19H,8-9,11-13,15H2,1-2H3/t17-,19+/m1/s1. The molecule has 0 saturated carbocycles. The molecular formula is C21H27N5O2. The van der Waals surface area contributed by atoms with Crippen LogP contribution in [0.3, 0.4) is 0 Å².